The van der Waals surface area contributed by atoms with Crippen LogP contribution in [0.4, 0.5) is 0 Å². The molecule has 13 heavy (non-hydrogen) atoms. The van der Waals surface area contributed by atoms with Gasteiger partial charge in [0.05, 0.1) is 0 Å². The van der Waals surface area contributed by atoms with Gasteiger partial charge in [0.25, 0.3) is 0 Å². The molecule has 4 heteroatoms. The Morgan fingerprint density at radius 2 is 2.23 bits per heavy atom. The van der Waals surface area contributed by atoms with Gasteiger partial charge in [-0.1, -0.05) is 26.3 Å². The molecule has 0 unspecified atom stereocenters. The number of rotatable bonds is 6. The molecule has 2 N–H and O–H groups in total. The summed E-state index contributed by atoms with van der Waals surface area (Å²) in [6.45, 7) is 5.21. The molecule has 0 aromatic carbocycles. The standard InChI is InChI=1S/C9H15NO3/c1-3-5-6-7(9(12)13)10-8(11)4-2/h4,7H,2-3,5-6H2,1H3,(H,10,11)(H,12,13)/t7-/m0/s1. The van der Waals surface area contributed by atoms with Crippen LogP contribution in [-0.2, 0) is 9.59 Å². The Kier molecular flexibility index (Phi) is 5.59. The second kappa shape index (κ2) is 6.22. The van der Waals surface area contributed by atoms with E-state index in [9.17, 15) is 9.59 Å². The number of carboxylic acid groups (broad SMARTS) is 1. The molecule has 0 fully saturated rings. The van der Waals surface area contributed by atoms with Crippen LogP contribution in [0, 0.1) is 0 Å². The van der Waals surface area contributed by atoms with E-state index in [0.717, 1.165) is 18.9 Å². The van der Waals surface area contributed by atoms with E-state index in [0.29, 0.717) is 6.42 Å². The number of amides is 1. The quantitative estimate of drug-likeness (QED) is 0.605. The van der Waals surface area contributed by atoms with E-state index in [1.807, 2.05) is 6.92 Å². The molecule has 0 radical (unpaired) electrons. The third kappa shape index (κ3) is 5.00. The van der Waals surface area contributed by atoms with Crippen molar-refractivity contribution in [3.8, 4) is 0 Å². The summed E-state index contributed by atoms with van der Waals surface area (Å²) in [5.41, 5.74) is 0. The Hall–Kier alpha value is -1.32. The highest BCUT2D eigenvalue weighted by atomic mass is 16.4. The van der Waals surface area contributed by atoms with Gasteiger partial charge in [-0.2, -0.15) is 0 Å². The van der Waals surface area contributed by atoms with Gasteiger partial charge in [-0.3, -0.25) is 4.79 Å². The van der Waals surface area contributed by atoms with Crippen molar-refractivity contribution >= 4 is 11.9 Å². The second-order valence-corrected chi connectivity index (χ2v) is 2.75. The van der Waals surface area contributed by atoms with Crippen LogP contribution >= 0.6 is 0 Å². The minimum absolute atomic E-state index is 0.441. The van der Waals surface area contributed by atoms with Crippen LogP contribution in [0.2, 0.25) is 0 Å². The first-order valence-corrected chi connectivity index (χ1v) is 4.27. The van der Waals surface area contributed by atoms with Crippen molar-refractivity contribution in [1.82, 2.24) is 5.32 Å². The van der Waals surface area contributed by atoms with Gasteiger partial charge in [0, 0.05) is 0 Å². The number of carboxylic acids is 1. The summed E-state index contributed by atoms with van der Waals surface area (Å²) in [6.07, 6.45) is 3.23. The first-order chi connectivity index (χ1) is 6.11. The molecule has 0 aromatic rings. The highest BCUT2D eigenvalue weighted by Gasteiger charge is 2.17. The molecule has 1 atom stereocenters. The molecule has 0 aromatic heterocycles. The van der Waals surface area contributed by atoms with Crippen LogP contribution in [0.15, 0.2) is 12.7 Å². The highest BCUT2D eigenvalue weighted by Crippen LogP contribution is 2.00. The molecule has 0 spiro atoms. The third-order valence-electron chi connectivity index (χ3n) is 1.65. The summed E-state index contributed by atoms with van der Waals surface area (Å²) in [5.74, 6) is -1.44. The van der Waals surface area contributed by atoms with E-state index in [2.05, 4.69) is 11.9 Å². The van der Waals surface area contributed by atoms with Gasteiger partial charge in [0.2, 0.25) is 5.91 Å². The lowest BCUT2D eigenvalue weighted by atomic mass is 10.1. The zero-order valence-corrected chi connectivity index (χ0v) is 7.75. The fraction of sp³-hybridized carbons (Fsp3) is 0.556. The minimum Gasteiger partial charge on any atom is -0.480 e. The summed E-state index contributed by atoms with van der Waals surface area (Å²) in [5, 5.41) is 11.0. The molecular formula is C9H15NO3. The van der Waals surface area contributed by atoms with Gasteiger partial charge in [-0.05, 0) is 12.5 Å². The van der Waals surface area contributed by atoms with Crippen LogP contribution in [-0.4, -0.2) is 23.0 Å². The minimum atomic E-state index is -0.997. The Morgan fingerprint density at radius 1 is 1.62 bits per heavy atom. The fourth-order valence-corrected chi connectivity index (χ4v) is 0.896. The van der Waals surface area contributed by atoms with E-state index in [4.69, 9.17) is 5.11 Å². The van der Waals surface area contributed by atoms with Crippen molar-refractivity contribution in [3.05, 3.63) is 12.7 Å². The predicted molar refractivity (Wildman–Crippen MR) is 49.3 cm³/mol. The maximum absolute atomic E-state index is 10.8. The second-order valence-electron chi connectivity index (χ2n) is 2.75. The third-order valence-corrected chi connectivity index (χ3v) is 1.65. The van der Waals surface area contributed by atoms with Gasteiger partial charge in [0.15, 0.2) is 0 Å². The molecule has 4 nitrogen and oxygen atoms in total. The Balaban J connectivity index is 4.01. The van der Waals surface area contributed by atoms with Crippen molar-refractivity contribution < 1.29 is 14.7 Å². The maximum atomic E-state index is 10.8. The van der Waals surface area contributed by atoms with E-state index in [1.54, 1.807) is 0 Å². The monoisotopic (exact) mass is 185 g/mol. The van der Waals surface area contributed by atoms with Crippen molar-refractivity contribution in [1.29, 1.82) is 0 Å². The molecule has 0 rings (SSSR count). The van der Waals surface area contributed by atoms with Crippen LogP contribution < -0.4 is 5.32 Å². The fourth-order valence-electron chi connectivity index (χ4n) is 0.896. The largest absolute Gasteiger partial charge is 0.480 e. The van der Waals surface area contributed by atoms with Crippen LogP contribution in [0.25, 0.3) is 0 Å². The van der Waals surface area contributed by atoms with E-state index >= 15 is 0 Å². The Bertz CT molecular complexity index is 201. The van der Waals surface area contributed by atoms with Crippen LogP contribution in [0.5, 0.6) is 0 Å². The molecule has 0 aliphatic rings. The number of hydrogen-bond donors (Lipinski definition) is 2. The number of nitrogens with one attached hydrogen (secondary N) is 1. The topological polar surface area (TPSA) is 66.4 Å². The van der Waals surface area contributed by atoms with Gasteiger partial charge in [0.1, 0.15) is 6.04 Å². The van der Waals surface area contributed by atoms with Gasteiger partial charge >= 0.3 is 5.97 Å². The summed E-state index contributed by atoms with van der Waals surface area (Å²) < 4.78 is 0. The summed E-state index contributed by atoms with van der Waals surface area (Å²) in [7, 11) is 0. The van der Waals surface area contributed by atoms with Crippen molar-refractivity contribution in [2.75, 3.05) is 0 Å². The number of aliphatic carboxylic acids is 1. The molecule has 0 heterocycles. The predicted octanol–water partition coefficient (Wildman–Crippen LogP) is 0.932. The highest BCUT2D eigenvalue weighted by molar-refractivity contribution is 5.90. The zero-order chi connectivity index (χ0) is 10.3. The number of carbonyl (C=O) groups is 2. The van der Waals surface area contributed by atoms with Crippen LogP contribution in [0.1, 0.15) is 26.2 Å². The molecular weight excluding hydrogens is 170 g/mol. The number of carbonyl (C=O) groups excluding carboxylic acids is 1. The van der Waals surface area contributed by atoms with Gasteiger partial charge < -0.3 is 10.4 Å². The van der Waals surface area contributed by atoms with Crippen molar-refractivity contribution in [2.45, 2.75) is 32.2 Å². The molecule has 0 bridgehead atoms. The SMILES string of the molecule is C=CC(=O)N[C@@H](CCCC)C(=O)O. The molecule has 0 saturated carbocycles. The maximum Gasteiger partial charge on any atom is 0.326 e. The summed E-state index contributed by atoms with van der Waals surface area (Å²) in [6, 6.07) is -0.787. The van der Waals surface area contributed by atoms with Gasteiger partial charge in [-0.15, -0.1) is 0 Å². The zero-order valence-electron chi connectivity index (χ0n) is 7.75. The first-order valence-electron chi connectivity index (χ1n) is 4.27. The molecule has 0 aliphatic carbocycles. The summed E-state index contributed by atoms with van der Waals surface area (Å²) in [4.78, 5) is 21.4. The Labute approximate surface area is 77.6 Å². The van der Waals surface area contributed by atoms with Crippen molar-refractivity contribution in [3.63, 3.8) is 0 Å². The van der Waals surface area contributed by atoms with Crippen LogP contribution in [0.3, 0.4) is 0 Å². The van der Waals surface area contributed by atoms with Gasteiger partial charge in [-0.25, -0.2) is 4.79 Å². The molecule has 0 saturated heterocycles. The van der Waals surface area contributed by atoms with Crippen molar-refractivity contribution in [2.24, 2.45) is 0 Å². The number of hydrogen-bond acceptors (Lipinski definition) is 2. The van der Waals surface area contributed by atoms with E-state index < -0.39 is 17.9 Å². The average Bonchev–Trinajstić information content (AvgIpc) is 2.11. The van der Waals surface area contributed by atoms with E-state index in [1.165, 1.54) is 0 Å². The summed E-state index contributed by atoms with van der Waals surface area (Å²) >= 11 is 0. The molecule has 1 amide bonds. The average molecular weight is 185 g/mol. The lowest BCUT2D eigenvalue weighted by Crippen LogP contribution is -2.39. The Morgan fingerprint density at radius 3 is 2.62 bits per heavy atom. The smallest absolute Gasteiger partial charge is 0.326 e. The normalized spacial score (nSPS) is 11.8. The first kappa shape index (κ1) is 11.7. The number of unbranched alkanes of at least 4 members (excludes halogenated alkanes) is 1. The molecule has 0 aliphatic heterocycles. The lowest BCUT2D eigenvalue weighted by molar-refractivity contribution is -0.141. The molecule has 74 valence electrons. The van der Waals surface area contributed by atoms with E-state index in [-0.39, 0.29) is 0 Å². The lowest BCUT2D eigenvalue weighted by Gasteiger charge is -2.11.